The summed E-state index contributed by atoms with van der Waals surface area (Å²) in [7, 11) is 0.220. The first kappa shape index (κ1) is 8.92. The van der Waals surface area contributed by atoms with E-state index in [4.69, 9.17) is 16.0 Å². The minimum absolute atomic E-state index is 0.220. The first-order valence-corrected chi connectivity index (χ1v) is 5.43. The van der Waals surface area contributed by atoms with E-state index in [9.17, 15) is 0 Å². The monoisotopic (exact) mass is 204 g/mol. The maximum absolute atomic E-state index is 5.67. The van der Waals surface area contributed by atoms with Crippen molar-refractivity contribution in [3.8, 4) is 5.75 Å². The van der Waals surface area contributed by atoms with Crippen LogP contribution in [0.3, 0.4) is 0 Å². The number of halogens is 1. The summed E-state index contributed by atoms with van der Waals surface area (Å²) in [6.45, 7) is 0. The largest absolute Gasteiger partial charge is 0.453 e. The highest BCUT2D eigenvalue weighted by atomic mass is 35.7. The normalized spacial score (nSPS) is 10.3. The molecule has 0 saturated carbocycles. The Kier molecular flexibility index (Phi) is 3.78. The van der Waals surface area contributed by atoms with Crippen molar-refractivity contribution in [2.24, 2.45) is 0 Å². The molecule has 0 bridgehead atoms. The van der Waals surface area contributed by atoms with Gasteiger partial charge in [-0.05, 0) is 24.4 Å². The molecule has 0 radical (unpaired) electrons. The molecule has 4 heteroatoms. The van der Waals surface area contributed by atoms with E-state index in [0.717, 1.165) is 11.1 Å². The molecule has 0 amide bonds. The molecule has 1 unspecified atom stereocenters. The molecule has 0 aliphatic carbocycles. The van der Waals surface area contributed by atoms with Gasteiger partial charge in [0.05, 0.1) is 0 Å². The second kappa shape index (κ2) is 4.66. The van der Waals surface area contributed by atoms with Gasteiger partial charge in [-0.15, -0.1) is 0 Å². The lowest BCUT2D eigenvalue weighted by Gasteiger charge is -2.02. The van der Waals surface area contributed by atoms with Crippen LogP contribution in [0.15, 0.2) is 24.3 Å². The molecular weight excluding hydrogens is 199 g/mol. The highest BCUT2D eigenvalue weighted by molar-refractivity contribution is 7.78. The summed E-state index contributed by atoms with van der Waals surface area (Å²) in [6.07, 6.45) is 0. The topological polar surface area (TPSA) is 9.23 Å². The second-order valence-electron chi connectivity index (χ2n) is 1.80. The molecule has 0 aromatic heterocycles. The van der Waals surface area contributed by atoms with E-state index in [1.165, 1.54) is 5.55 Å². The van der Waals surface area contributed by atoms with Gasteiger partial charge in [0.1, 0.15) is 5.75 Å². The molecule has 1 nitrogen and oxygen atoms in total. The number of rotatable bonds is 3. The van der Waals surface area contributed by atoms with Crippen molar-refractivity contribution in [3.05, 3.63) is 24.3 Å². The van der Waals surface area contributed by atoms with Crippen LogP contribution in [0.2, 0.25) is 0 Å². The number of ether oxygens (including phenoxy) is 1. The Morgan fingerprint density at radius 2 is 2.18 bits per heavy atom. The van der Waals surface area contributed by atoms with Crippen molar-refractivity contribution in [3.63, 3.8) is 0 Å². The van der Waals surface area contributed by atoms with Crippen LogP contribution < -0.4 is 10.0 Å². The highest BCUT2D eigenvalue weighted by Crippen LogP contribution is 2.22. The van der Waals surface area contributed by atoms with Gasteiger partial charge in [0, 0.05) is 13.2 Å². The van der Waals surface area contributed by atoms with E-state index in [0.29, 0.717) is 0 Å². The summed E-state index contributed by atoms with van der Waals surface area (Å²) in [5.41, 5.74) is 1.23. The lowest BCUT2D eigenvalue weighted by Crippen LogP contribution is -1.99. The first-order chi connectivity index (χ1) is 5.38. The molecule has 11 heavy (non-hydrogen) atoms. The fourth-order valence-electron chi connectivity index (χ4n) is 0.699. The Morgan fingerprint density at radius 1 is 1.45 bits per heavy atom. The second-order valence-corrected chi connectivity index (χ2v) is 3.29. The minimum Gasteiger partial charge on any atom is -0.453 e. The summed E-state index contributed by atoms with van der Waals surface area (Å²) in [6, 6.07) is 7.56. The molecule has 0 fully saturated rings. The number of hydrogen-bond donors (Lipinski definition) is 0. The van der Waals surface area contributed by atoms with Crippen molar-refractivity contribution in [1.82, 2.24) is 0 Å². The lowest BCUT2D eigenvalue weighted by atomic mass is 10.3. The number of thiocarbonyl (C=S) groups is 1. The molecular formula is C7H6ClOPS. The predicted octanol–water partition coefficient (Wildman–Crippen LogP) is 2.48. The smallest absolute Gasteiger partial charge is 0.154 e. The number of hydrogen-bond acceptors (Lipinski definition) is 2. The Bertz CT molecular complexity index is 254. The molecule has 0 spiro atoms. The van der Waals surface area contributed by atoms with E-state index in [2.05, 4.69) is 12.2 Å². The molecule has 58 valence electrons. The zero-order valence-electron chi connectivity index (χ0n) is 5.58. The van der Waals surface area contributed by atoms with Gasteiger partial charge in [-0.1, -0.05) is 23.4 Å². The number of benzene rings is 1. The lowest BCUT2D eigenvalue weighted by molar-refractivity contribution is 0.591. The third-order valence-corrected chi connectivity index (χ3v) is 2.49. The summed E-state index contributed by atoms with van der Waals surface area (Å²) in [5.74, 6) is 0.746. The van der Waals surface area contributed by atoms with Gasteiger partial charge < -0.3 is 4.74 Å². The van der Waals surface area contributed by atoms with Crippen LogP contribution in [0.25, 0.3) is 0 Å². The SMILES string of the molecule is S=COc1ccccc1PCl. The van der Waals surface area contributed by atoms with Gasteiger partial charge in [0.2, 0.25) is 0 Å². The van der Waals surface area contributed by atoms with Crippen LogP contribution in [-0.4, -0.2) is 5.55 Å². The maximum atomic E-state index is 5.67. The standard InChI is InChI=1S/C7H6ClOPS/c8-10-7-4-2-1-3-6(7)9-5-11/h1-5,10H. The van der Waals surface area contributed by atoms with Crippen LogP contribution in [0.5, 0.6) is 5.75 Å². The molecule has 0 aliphatic rings. The van der Waals surface area contributed by atoms with Gasteiger partial charge in [0.25, 0.3) is 0 Å². The molecule has 0 aliphatic heterocycles. The Labute approximate surface area is 77.3 Å². The Hall–Kier alpha value is -0.170. The van der Waals surface area contributed by atoms with Gasteiger partial charge in [-0.25, -0.2) is 0 Å². The number of para-hydroxylation sites is 1. The average molecular weight is 205 g/mol. The molecule has 1 rings (SSSR count). The van der Waals surface area contributed by atoms with E-state index in [1.54, 1.807) is 0 Å². The summed E-state index contributed by atoms with van der Waals surface area (Å²) in [4.78, 5) is 0. The van der Waals surface area contributed by atoms with Crippen molar-refractivity contribution in [2.75, 3.05) is 0 Å². The quantitative estimate of drug-likeness (QED) is 0.553. The third-order valence-electron chi connectivity index (χ3n) is 1.16. The molecule has 1 atom stereocenters. The Morgan fingerprint density at radius 3 is 2.82 bits per heavy atom. The maximum Gasteiger partial charge on any atom is 0.154 e. The van der Waals surface area contributed by atoms with Crippen LogP contribution in [0.4, 0.5) is 0 Å². The average Bonchev–Trinajstić information content (AvgIpc) is 2.06. The van der Waals surface area contributed by atoms with Crippen LogP contribution in [0, 0.1) is 0 Å². The van der Waals surface area contributed by atoms with E-state index in [-0.39, 0.29) is 7.93 Å². The fraction of sp³-hybridized carbons (Fsp3) is 0. The van der Waals surface area contributed by atoms with Gasteiger partial charge in [-0.3, -0.25) is 0 Å². The minimum atomic E-state index is 0.220. The third kappa shape index (κ3) is 2.41. The predicted molar refractivity (Wildman–Crippen MR) is 54.5 cm³/mol. The van der Waals surface area contributed by atoms with E-state index < -0.39 is 0 Å². The zero-order chi connectivity index (χ0) is 8.10. The molecule has 1 aromatic carbocycles. The summed E-state index contributed by atoms with van der Waals surface area (Å²) >= 11 is 10.2. The van der Waals surface area contributed by atoms with E-state index in [1.807, 2.05) is 24.3 Å². The van der Waals surface area contributed by atoms with Crippen molar-refractivity contribution in [2.45, 2.75) is 0 Å². The van der Waals surface area contributed by atoms with Gasteiger partial charge in [0.15, 0.2) is 5.55 Å². The Balaban J connectivity index is 2.92. The molecule has 0 heterocycles. The fourth-order valence-corrected chi connectivity index (χ4v) is 1.67. The van der Waals surface area contributed by atoms with Crippen LogP contribution in [0.1, 0.15) is 0 Å². The van der Waals surface area contributed by atoms with Gasteiger partial charge >= 0.3 is 0 Å². The molecule has 1 aromatic rings. The summed E-state index contributed by atoms with van der Waals surface area (Å²) < 4.78 is 5.04. The van der Waals surface area contributed by atoms with Crippen LogP contribution in [-0.2, 0) is 0 Å². The molecule has 0 saturated heterocycles. The highest BCUT2D eigenvalue weighted by Gasteiger charge is 1.98. The molecule has 0 N–H and O–H groups in total. The zero-order valence-corrected chi connectivity index (χ0v) is 8.15. The van der Waals surface area contributed by atoms with Crippen molar-refractivity contribution in [1.29, 1.82) is 0 Å². The first-order valence-electron chi connectivity index (χ1n) is 2.94. The van der Waals surface area contributed by atoms with E-state index >= 15 is 0 Å². The van der Waals surface area contributed by atoms with Crippen molar-refractivity contribution < 1.29 is 4.74 Å². The van der Waals surface area contributed by atoms with Gasteiger partial charge in [-0.2, -0.15) is 0 Å². The summed E-state index contributed by atoms with van der Waals surface area (Å²) in [5, 5.41) is 0.982. The van der Waals surface area contributed by atoms with Crippen LogP contribution >= 0.6 is 31.4 Å². The van der Waals surface area contributed by atoms with Crippen molar-refractivity contribution >= 4 is 42.3 Å².